The van der Waals surface area contributed by atoms with Crippen LogP contribution in [0.15, 0.2) is 16.9 Å². The lowest BCUT2D eigenvalue weighted by Gasteiger charge is -2.09. The molecule has 8 heteroatoms. The van der Waals surface area contributed by atoms with E-state index in [9.17, 15) is 19.5 Å². The molecule has 0 aliphatic rings. The molecule has 1 amide bonds. The number of fused-ring (bicyclic) bond motifs is 1. The summed E-state index contributed by atoms with van der Waals surface area (Å²) in [7, 11) is 1.26. The summed E-state index contributed by atoms with van der Waals surface area (Å²) in [5.41, 5.74) is -1.22. The molecule has 104 valence electrons. The number of hydrogen-bond donors (Lipinski definition) is 3. The Morgan fingerprint density at radius 3 is 2.55 bits per heavy atom. The predicted molar refractivity (Wildman–Crippen MR) is 74.7 cm³/mol. The summed E-state index contributed by atoms with van der Waals surface area (Å²) in [6.45, 7) is 0. The summed E-state index contributed by atoms with van der Waals surface area (Å²) in [6.07, 6.45) is 0. The monoisotopic (exact) mass is 314 g/mol. The van der Waals surface area contributed by atoms with Gasteiger partial charge in [-0.3, -0.25) is 14.4 Å². The molecule has 1 aromatic heterocycles. The molecule has 1 heterocycles. The van der Waals surface area contributed by atoms with Crippen molar-refractivity contribution in [3.63, 3.8) is 0 Å². The molecule has 20 heavy (non-hydrogen) atoms. The summed E-state index contributed by atoms with van der Waals surface area (Å²) < 4.78 is 0. The maximum atomic E-state index is 12.0. The zero-order valence-electron chi connectivity index (χ0n) is 10.1. The number of amides is 1. The summed E-state index contributed by atoms with van der Waals surface area (Å²) in [4.78, 5) is 37.4. The van der Waals surface area contributed by atoms with Gasteiger partial charge in [0.2, 0.25) is 0 Å². The number of carbonyl (C=O) groups excluding carboxylic acids is 2. The molecule has 0 bridgehead atoms. The third-order valence-electron chi connectivity index (χ3n) is 2.67. The van der Waals surface area contributed by atoms with Crippen LogP contribution in [0, 0.1) is 0 Å². The molecule has 2 aromatic rings. The Bertz CT molecular complexity index is 798. The summed E-state index contributed by atoms with van der Waals surface area (Å²) >= 11 is 11.8. The van der Waals surface area contributed by atoms with E-state index in [4.69, 9.17) is 23.2 Å². The number of hydrogen-bond acceptors (Lipinski definition) is 4. The SMILES string of the molecule is CNC(=O)C(=O)c1c(O)c(=O)[nH]c2cc(Cl)cc(Cl)c12. The number of rotatable bonds is 2. The molecular weight excluding hydrogens is 307 g/mol. The van der Waals surface area contributed by atoms with Crippen molar-refractivity contribution in [1.82, 2.24) is 10.3 Å². The highest BCUT2D eigenvalue weighted by molar-refractivity contribution is 6.48. The van der Waals surface area contributed by atoms with Crippen molar-refractivity contribution in [3.05, 3.63) is 38.1 Å². The van der Waals surface area contributed by atoms with Gasteiger partial charge in [0.1, 0.15) is 0 Å². The number of halogens is 2. The summed E-state index contributed by atoms with van der Waals surface area (Å²) in [6, 6.07) is 2.70. The topological polar surface area (TPSA) is 99.3 Å². The first kappa shape index (κ1) is 14.4. The Morgan fingerprint density at radius 1 is 1.30 bits per heavy atom. The number of H-pyrrole nitrogens is 1. The number of aromatic nitrogens is 1. The van der Waals surface area contributed by atoms with Crippen LogP contribution in [0.4, 0.5) is 0 Å². The maximum absolute atomic E-state index is 12.0. The van der Waals surface area contributed by atoms with Crippen LogP contribution < -0.4 is 10.9 Å². The van der Waals surface area contributed by atoms with E-state index in [-0.39, 0.29) is 20.9 Å². The van der Waals surface area contributed by atoms with Gasteiger partial charge in [0.05, 0.1) is 16.1 Å². The molecule has 0 saturated heterocycles. The first-order valence-corrected chi connectivity index (χ1v) is 6.12. The zero-order chi connectivity index (χ0) is 15.0. The van der Waals surface area contributed by atoms with Crippen molar-refractivity contribution in [1.29, 1.82) is 0 Å². The van der Waals surface area contributed by atoms with Gasteiger partial charge in [0, 0.05) is 17.5 Å². The molecule has 0 atom stereocenters. The highest BCUT2D eigenvalue weighted by Gasteiger charge is 2.25. The molecule has 0 unspecified atom stereocenters. The number of carbonyl (C=O) groups is 2. The number of benzene rings is 1. The van der Waals surface area contributed by atoms with E-state index in [1.807, 2.05) is 0 Å². The number of Topliss-reactive ketones (excluding diaryl/α,β-unsaturated/α-hetero) is 1. The lowest BCUT2D eigenvalue weighted by molar-refractivity contribution is -0.116. The van der Waals surface area contributed by atoms with Gasteiger partial charge in [0.25, 0.3) is 17.2 Å². The van der Waals surface area contributed by atoms with Gasteiger partial charge in [-0.25, -0.2) is 0 Å². The van der Waals surface area contributed by atoms with Crippen molar-refractivity contribution < 1.29 is 14.7 Å². The minimum absolute atomic E-state index is 0.0336. The first-order chi connectivity index (χ1) is 9.36. The fraction of sp³-hybridized carbons (Fsp3) is 0.0833. The quantitative estimate of drug-likeness (QED) is 0.577. The van der Waals surface area contributed by atoms with Gasteiger partial charge in [-0.1, -0.05) is 23.2 Å². The minimum Gasteiger partial charge on any atom is -0.502 e. The number of pyridine rings is 1. The average Bonchev–Trinajstić information content (AvgIpc) is 2.39. The van der Waals surface area contributed by atoms with Gasteiger partial charge < -0.3 is 15.4 Å². The first-order valence-electron chi connectivity index (χ1n) is 5.37. The fourth-order valence-electron chi connectivity index (χ4n) is 1.79. The molecule has 0 radical (unpaired) electrons. The minimum atomic E-state index is -1.06. The molecule has 0 aliphatic heterocycles. The lowest BCUT2D eigenvalue weighted by atomic mass is 10.0. The van der Waals surface area contributed by atoms with E-state index in [1.54, 1.807) is 0 Å². The van der Waals surface area contributed by atoms with Crippen molar-refractivity contribution in [3.8, 4) is 5.75 Å². The van der Waals surface area contributed by atoms with Crippen molar-refractivity contribution >= 4 is 45.8 Å². The Morgan fingerprint density at radius 2 is 1.95 bits per heavy atom. The molecule has 0 spiro atoms. The standard InChI is InChI=1S/C12H8Cl2N2O4/c1-15-11(19)9(17)8-7-5(14)2-4(13)3-6(7)16-12(20)10(8)18/h2-3,18H,1H3,(H,15,19)(H,16,20). The second-order valence-corrected chi connectivity index (χ2v) is 4.74. The van der Waals surface area contributed by atoms with Crippen LogP contribution in [0.2, 0.25) is 10.0 Å². The van der Waals surface area contributed by atoms with Crippen LogP contribution in [0.1, 0.15) is 10.4 Å². The second-order valence-electron chi connectivity index (χ2n) is 3.90. The van der Waals surface area contributed by atoms with E-state index in [0.717, 1.165) is 0 Å². The van der Waals surface area contributed by atoms with Gasteiger partial charge in [-0.15, -0.1) is 0 Å². The van der Waals surface area contributed by atoms with Crippen LogP contribution in [0.5, 0.6) is 5.75 Å². The van der Waals surface area contributed by atoms with Gasteiger partial charge >= 0.3 is 0 Å². The number of likely N-dealkylation sites (N-methyl/N-ethyl adjacent to an activating group) is 1. The summed E-state index contributed by atoms with van der Waals surface area (Å²) in [5.74, 6) is -2.90. The zero-order valence-corrected chi connectivity index (χ0v) is 11.6. The highest BCUT2D eigenvalue weighted by Crippen LogP contribution is 2.32. The molecule has 0 aliphatic carbocycles. The Balaban J connectivity index is 2.94. The van der Waals surface area contributed by atoms with Crippen molar-refractivity contribution in [2.24, 2.45) is 0 Å². The molecular formula is C12H8Cl2N2O4. The van der Waals surface area contributed by atoms with Crippen LogP contribution in [0.3, 0.4) is 0 Å². The normalized spacial score (nSPS) is 10.6. The molecule has 1 aromatic carbocycles. The van der Waals surface area contributed by atoms with Gasteiger partial charge in [-0.05, 0) is 12.1 Å². The molecule has 2 rings (SSSR count). The van der Waals surface area contributed by atoms with Crippen LogP contribution in [-0.4, -0.2) is 28.8 Å². The van der Waals surface area contributed by atoms with E-state index < -0.39 is 28.6 Å². The van der Waals surface area contributed by atoms with Crippen LogP contribution >= 0.6 is 23.2 Å². The largest absolute Gasteiger partial charge is 0.502 e. The Hall–Kier alpha value is -2.05. The van der Waals surface area contributed by atoms with E-state index >= 15 is 0 Å². The number of nitrogens with one attached hydrogen (secondary N) is 2. The van der Waals surface area contributed by atoms with Crippen molar-refractivity contribution in [2.75, 3.05) is 7.05 Å². The second kappa shape index (κ2) is 5.15. The highest BCUT2D eigenvalue weighted by atomic mass is 35.5. The average molecular weight is 315 g/mol. The third-order valence-corrected chi connectivity index (χ3v) is 3.18. The van der Waals surface area contributed by atoms with Gasteiger partial charge in [-0.2, -0.15) is 0 Å². The number of ketones is 1. The van der Waals surface area contributed by atoms with Crippen molar-refractivity contribution in [2.45, 2.75) is 0 Å². The van der Waals surface area contributed by atoms with Gasteiger partial charge in [0.15, 0.2) is 5.75 Å². The lowest BCUT2D eigenvalue weighted by Crippen LogP contribution is -2.29. The maximum Gasteiger partial charge on any atom is 0.292 e. The Labute approximate surface area is 122 Å². The fourth-order valence-corrected chi connectivity index (χ4v) is 2.38. The number of aromatic amines is 1. The Kier molecular flexibility index (Phi) is 3.69. The number of aromatic hydroxyl groups is 1. The van der Waals surface area contributed by atoms with E-state index in [0.29, 0.717) is 0 Å². The molecule has 0 saturated carbocycles. The predicted octanol–water partition coefficient (Wildman–Crippen LogP) is 1.47. The van der Waals surface area contributed by atoms with Crippen LogP contribution in [0.25, 0.3) is 10.9 Å². The van der Waals surface area contributed by atoms with E-state index in [1.165, 1.54) is 19.2 Å². The molecule has 6 nitrogen and oxygen atoms in total. The summed E-state index contributed by atoms with van der Waals surface area (Å²) in [5, 5.41) is 12.2. The molecule has 3 N–H and O–H groups in total. The smallest absolute Gasteiger partial charge is 0.292 e. The third kappa shape index (κ3) is 2.23. The molecule has 0 fully saturated rings. The van der Waals surface area contributed by atoms with E-state index in [2.05, 4.69) is 10.3 Å². The van der Waals surface area contributed by atoms with Crippen LogP contribution in [-0.2, 0) is 4.79 Å².